The molecule has 0 unspecified atom stereocenters. The molecule has 0 spiro atoms. The van der Waals surface area contributed by atoms with E-state index >= 15 is 0 Å². The molecule has 1 aliphatic heterocycles. The van der Waals surface area contributed by atoms with E-state index < -0.39 is 0 Å². The molecule has 2 heterocycles. The zero-order valence-electron chi connectivity index (χ0n) is 18.3. The molecule has 0 bridgehead atoms. The van der Waals surface area contributed by atoms with Gasteiger partial charge in [-0.2, -0.15) is 5.10 Å². The minimum absolute atomic E-state index is 0.0217. The van der Waals surface area contributed by atoms with Crippen molar-refractivity contribution in [1.82, 2.24) is 14.7 Å². The third-order valence-electron chi connectivity index (χ3n) is 5.77. The predicted molar refractivity (Wildman–Crippen MR) is 127 cm³/mol. The van der Waals surface area contributed by atoms with Gasteiger partial charge >= 0.3 is 0 Å². The van der Waals surface area contributed by atoms with E-state index in [0.29, 0.717) is 13.0 Å². The van der Waals surface area contributed by atoms with Crippen molar-refractivity contribution >= 4 is 11.7 Å². The molecule has 1 aromatic heterocycles. The largest absolute Gasteiger partial charge is 0.489 e. The van der Waals surface area contributed by atoms with Crippen molar-refractivity contribution in [3.05, 3.63) is 90.6 Å². The fraction of sp³-hybridized carbons (Fsp3) is 0.308. The Morgan fingerprint density at radius 1 is 1.09 bits per heavy atom. The van der Waals surface area contributed by atoms with Crippen molar-refractivity contribution in [2.45, 2.75) is 31.8 Å². The lowest BCUT2D eigenvalue weighted by molar-refractivity contribution is -0.115. The van der Waals surface area contributed by atoms with E-state index in [1.54, 1.807) is 12.3 Å². The molecule has 6 heteroatoms. The number of carbonyl (C=O) groups is 1. The molecule has 4 rings (SSSR count). The van der Waals surface area contributed by atoms with Crippen molar-refractivity contribution in [2.75, 3.05) is 25.0 Å². The van der Waals surface area contributed by atoms with Gasteiger partial charge in [-0.05, 0) is 24.5 Å². The number of ether oxygens (including phenoxy) is 1. The first kappa shape index (κ1) is 21.8. The van der Waals surface area contributed by atoms with E-state index in [0.717, 1.165) is 49.6 Å². The number of nitrogens with one attached hydrogen (secondary N) is 1. The third-order valence-corrected chi connectivity index (χ3v) is 5.77. The number of likely N-dealkylation sites (tertiary alicyclic amines) is 1. The summed E-state index contributed by atoms with van der Waals surface area (Å²) in [4.78, 5) is 14.9. The number of rotatable bonds is 9. The highest BCUT2D eigenvalue weighted by atomic mass is 16.5. The molecular formula is C26H30N4O2. The van der Waals surface area contributed by atoms with Crippen LogP contribution in [0.25, 0.3) is 0 Å². The minimum Gasteiger partial charge on any atom is -0.489 e. The summed E-state index contributed by atoms with van der Waals surface area (Å²) >= 11 is 0. The smallest absolute Gasteiger partial charge is 0.229 e. The van der Waals surface area contributed by atoms with E-state index in [1.165, 1.54) is 5.56 Å². The van der Waals surface area contributed by atoms with Gasteiger partial charge in [0, 0.05) is 31.3 Å². The van der Waals surface area contributed by atoms with E-state index in [1.807, 2.05) is 53.2 Å². The molecule has 1 aliphatic rings. The van der Waals surface area contributed by atoms with Crippen molar-refractivity contribution in [3.8, 4) is 5.75 Å². The van der Waals surface area contributed by atoms with Crippen LogP contribution in [0.2, 0.25) is 0 Å². The maximum atomic E-state index is 12.5. The first-order valence-corrected chi connectivity index (χ1v) is 11.1. The zero-order chi connectivity index (χ0) is 22.2. The van der Waals surface area contributed by atoms with Gasteiger partial charge in [-0.25, -0.2) is 4.68 Å². The van der Waals surface area contributed by atoms with Crippen molar-refractivity contribution in [3.63, 3.8) is 0 Å². The Morgan fingerprint density at radius 2 is 1.84 bits per heavy atom. The molecule has 166 valence electrons. The summed E-state index contributed by atoms with van der Waals surface area (Å²) in [6, 6.07) is 20.1. The Labute approximate surface area is 189 Å². The van der Waals surface area contributed by atoms with Crippen molar-refractivity contribution in [1.29, 1.82) is 0 Å². The monoisotopic (exact) mass is 430 g/mol. The predicted octanol–water partition coefficient (Wildman–Crippen LogP) is 4.47. The lowest BCUT2D eigenvalue weighted by atomic mass is 10.0. The van der Waals surface area contributed by atoms with Gasteiger partial charge < -0.3 is 10.1 Å². The Bertz CT molecular complexity index is 1020. The highest BCUT2D eigenvalue weighted by Gasteiger charge is 2.24. The van der Waals surface area contributed by atoms with E-state index in [9.17, 15) is 4.79 Å². The topological polar surface area (TPSA) is 59.4 Å². The molecule has 3 aromatic rings. The van der Waals surface area contributed by atoms with Crippen LogP contribution in [0.15, 0.2) is 79.5 Å². The maximum Gasteiger partial charge on any atom is 0.229 e. The molecule has 2 aromatic carbocycles. The van der Waals surface area contributed by atoms with Crippen LogP contribution in [0.5, 0.6) is 5.75 Å². The molecule has 0 saturated carbocycles. The standard InChI is InChI=1S/C26H30N4O2/c1-2-18-32-24-11-7-6-10-22(24)20-29-16-13-23(14-17-29)30-25(12-15-27-30)28-26(31)19-21-8-4-3-5-9-21/h2-12,15,23H,1,13-14,16-20H2,(H,28,31). The number of hydrogen-bond donors (Lipinski definition) is 1. The van der Waals surface area contributed by atoms with Gasteiger partial charge in [0.1, 0.15) is 18.2 Å². The highest BCUT2D eigenvalue weighted by molar-refractivity contribution is 5.91. The lowest BCUT2D eigenvalue weighted by Crippen LogP contribution is -2.35. The van der Waals surface area contributed by atoms with Crippen LogP contribution in [0.4, 0.5) is 5.82 Å². The van der Waals surface area contributed by atoms with Crippen LogP contribution < -0.4 is 10.1 Å². The summed E-state index contributed by atoms with van der Waals surface area (Å²) in [6.45, 7) is 7.04. The first-order valence-electron chi connectivity index (χ1n) is 11.1. The Balaban J connectivity index is 1.32. The van der Waals surface area contributed by atoms with Crippen LogP contribution in [0.1, 0.15) is 30.0 Å². The number of anilines is 1. The van der Waals surface area contributed by atoms with Crippen molar-refractivity contribution in [2.24, 2.45) is 0 Å². The number of benzene rings is 2. The molecule has 0 aliphatic carbocycles. The van der Waals surface area contributed by atoms with Crippen LogP contribution in [0.3, 0.4) is 0 Å². The second-order valence-corrected chi connectivity index (χ2v) is 8.09. The Kier molecular flexibility index (Phi) is 7.35. The zero-order valence-corrected chi connectivity index (χ0v) is 18.3. The van der Waals surface area contributed by atoms with E-state index in [-0.39, 0.29) is 11.9 Å². The molecule has 6 nitrogen and oxygen atoms in total. The lowest BCUT2D eigenvalue weighted by Gasteiger charge is -2.33. The third kappa shape index (κ3) is 5.65. The van der Waals surface area contributed by atoms with Crippen LogP contribution in [-0.2, 0) is 17.8 Å². The summed E-state index contributed by atoms with van der Waals surface area (Å²) in [6.07, 6.45) is 5.86. The number of para-hydroxylation sites is 1. The summed E-state index contributed by atoms with van der Waals surface area (Å²) < 4.78 is 7.78. The van der Waals surface area contributed by atoms with Gasteiger partial charge in [0.05, 0.1) is 18.7 Å². The van der Waals surface area contributed by atoms with Crippen LogP contribution >= 0.6 is 0 Å². The van der Waals surface area contributed by atoms with Gasteiger partial charge in [0.2, 0.25) is 5.91 Å². The quantitative estimate of drug-likeness (QED) is 0.509. The summed E-state index contributed by atoms with van der Waals surface area (Å²) in [5.74, 6) is 1.67. The number of piperidine rings is 1. The van der Waals surface area contributed by atoms with Gasteiger partial charge in [0.25, 0.3) is 0 Å². The average Bonchev–Trinajstić information content (AvgIpc) is 3.27. The molecule has 1 amide bonds. The molecule has 0 atom stereocenters. The van der Waals surface area contributed by atoms with Crippen LogP contribution in [0, 0.1) is 0 Å². The SMILES string of the molecule is C=CCOc1ccccc1CN1CCC(n2nccc2NC(=O)Cc2ccccc2)CC1. The summed E-state index contributed by atoms with van der Waals surface area (Å²) in [5, 5.41) is 7.55. The number of hydrogen-bond acceptors (Lipinski definition) is 4. The summed E-state index contributed by atoms with van der Waals surface area (Å²) in [7, 11) is 0. The Morgan fingerprint density at radius 3 is 2.62 bits per heavy atom. The normalized spacial score (nSPS) is 14.8. The second-order valence-electron chi connectivity index (χ2n) is 8.09. The fourth-order valence-electron chi connectivity index (χ4n) is 4.16. The minimum atomic E-state index is -0.0217. The van der Waals surface area contributed by atoms with Gasteiger partial charge in [-0.1, -0.05) is 61.2 Å². The number of nitrogens with zero attached hydrogens (tertiary/aromatic N) is 3. The summed E-state index contributed by atoms with van der Waals surface area (Å²) in [5.41, 5.74) is 2.20. The molecule has 1 saturated heterocycles. The Hall–Kier alpha value is -3.38. The number of amides is 1. The van der Waals surface area contributed by atoms with E-state index in [4.69, 9.17) is 4.74 Å². The number of carbonyl (C=O) groups excluding carboxylic acids is 1. The maximum absolute atomic E-state index is 12.5. The number of aromatic nitrogens is 2. The second kappa shape index (κ2) is 10.8. The molecule has 1 N–H and O–H groups in total. The van der Waals surface area contributed by atoms with Crippen molar-refractivity contribution < 1.29 is 9.53 Å². The van der Waals surface area contributed by atoms with Gasteiger partial charge in [-0.3, -0.25) is 9.69 Å². The first-order chi connectivity index (χ1) is 15.7. The van der Waals surface area contributed by atoms with Gasteiger partial charge in [0.15, 0.2) is 0 Å². The van der Waals surface area contributed by atoms with Crippen LogP contribution in [-0.4, -0.2) is 40.3 Å². The molecular weight excluding hydrogens is 400 g/mol. The molecule has 32 heavy (non-hydrogen) atoms. The average molecular weight is 431 g/mol. The molecule has 1 fully saturated rings. The van der Waals surface area contributed by atoms with Gasteiger partial charge in [-0.15, -0.1) is 0 Å². The fourth-order valence-corrected chi connectivity index (χ4v) is 4.16. The van der Waals surface area contributed by atoms with E-state index in [2.05, 4.69) is 34.0 Å². The molecule has 0 radical (unpaired) electrons. The highest BCUT2D eigenvalue weighted by Crippen LogP contribution is 2.28.